The van der Waals surface area contributed by atoms with Crippen molar-refractivity contribution in [2.45, 2.75) is 45.6 Å². The summed E-state index contributed by atoms with van der Waals surface area (Å²) in [5, 5.41) is 4.91. The van der Waals surface area contributed by atoms with Gasteiger partial charge in [0.15, 0.2) is 0 Å². The Morgan fingerprint density at radius 1 is 1.29 bits per heavy atom. The van der Waals surface area contributed by atoms with Gasteiger partial charge in [0.1, 0.15) is 5.60 Å². The molecule has 0 radical (unpaired) electrons. The van der Waals surface area contributed by atoms with Crippen molar-refractivity contribution in [2.24, 2.45) is 0 Å². The van der Waals surface area contributed by atoms with Crippen LogP contribution in [0.25, 0.3) is 0 Å². The fraction of sp³-hybridized carbons (Fsp3) is 0.600. The lowest BCUT2D eigenvalue weighted by Crippen LogP contribution is -2.48. The zero-order valence-corrected chi connectivity index (χ0v) is 13.8. The molecule has 1 atom stereocenters. The number of hydrogen-bond acceptors (Lipinski definition) is 4. The van der Waals surface area contributed by atoms with E-state index in [1.807, 2.05) is 45.2 Å². The van der Waals surface area contributed by atoms with E-state index >= 15 is 0 Å². The number of thiophene rings is 1. The number of amides is 2. The maximum atomic E-state index is 12.6. The first-order chi connectivity index (χ1) is 9.79. The SMILES string of the molecule is CC(C(=O)N1CCCN1C(=O)OC(C)(C)C)c1cccs1. The minimum Gasteiger partial charge on any atom is -0.442 e. The third-order valence-corrected chi connectivity index (χ3v) is 4.29. The molecule has 1 aromatic rings. The van der Waals surface area contributed by atoms with Gasteiger partial charge >= 0.3 is 6.09 Å². The van der Waals surface area contributed by atoms with E-state index in [-0.39, 0.29) is 11.8 Å². The topological polar surface area (TPSA) is 49.9 Å². The Balaban J connectivity index is 2.08. The van der Waals surface area contributed by atoms with Crippen LogP contribution < -0.4 is 0 Å². The zero-order valence-electron chi connectivity index (χ0n) is 13.0. The molecule has 116 valence electrons. The zero-order chi connectivity index (χ0) is 15.6. The summed E-state index contributed by atoms with van der Waals surface area (Å²) >= 11 is 1.56. The Kier molecular flexibility index (Phi) is 4.56. The van der Waals surface area contributed by atoms with E-state index in [1.54, 1.807) is 11.3 Å². The third-order valence-electron chi connectivity index (χ3n) is 3.23. The minimum absolute atomic E-state index is 0.0548. The van der Waals surface area contributed by atoms with Gasteiger partial charge in [-0.1, -0.05) is 6.07 Å². The predicted molar refractivity (Wildman–Crippen MR) is 82.0 cm³/mol. The molecule has 2 amide bonds. The maximum absolute atomic E-state index is 12.6. The maximum Gasteiger partial charge on any atom is 0.429 e. The first-order valence-corrected chi connectivity index (χ1v) is 8.03. The van der Waals surface area contributed by atoms with E-state index in [1.165, 1.54) is 10.0 Å². The molecule has 1 unspecified atom stereocenters. The van der Waals surface area contributed by atoms with Crippen LogP contribution in [0.5, 0.6) is 0 Å². The van der Waals surface area contributed by atoms with E-state index < -0.39 is 11.7 Å². The molecule has 21 heavy (non-hydrogen) atoms. The summed E-state index contributed by atoms with van der Waals surface area (Å²) in [5.74, 6) is -0.297. The van der Waals surface area contributed by atoms with Gasteiger partial charge in [0, 0.05) is 18.0 Å². The van der Waals surface area contributed by atoms with E-state index in [0.717, 1.165) is 11.3 Å². The van der Waals surface area contributed by atoms with E-state index in [4.69, 9.17) is 4.74 Å². The molecule has 5 nitrogen and oxygen atoms in total. The van der Waals surface area contributed by atoms with Crippen LogP contribution in [0.1, 0.15) is 44.9 Å². The highest BCUT2D eigenvalue weighted by Gasteiger charge is 2.36. The van der Waals surface area contributed by atoms with E-state index in [9.17, 15) is 9.59 Å². The van der Waals surface area contributed by atoms with Gasteiger partial charge in [-0.2, -0.15) is 0 Å². The molecule has 1 aliphatic heterocycles. The Morgan fingerprint density at radius 2 is 1.95 bits per heavy atom. The van der Waals surface area contributed by atoms with Crippen LogP contribution in [0.4, 0.5) is 4.79 Å². The summed E-state index contributed by atoms with van der Waals surface area (Å²) in [6.07, 6.45) is 0.328. The monoisotopic (exact) mass is 310 g/mol. The second-order valence-electron chi connectivity index (χ2n) is 6.16. The normalized spacial score (nSPS) is 17.0. The average molecular weight is 310 g/mol. The van der Waals surface area contributed by atoms with Crippen molar-refractivity contribution in [1.29, 1.82) is 0 Å². The van der Waals surface area contributed by atoms with Crippen molar-refractivity contribution in [1.82, 2.24) is 10.0 Å². The molecule has 2 rings (SSSR count). The van der Waals surface area contributed by atoms with Crippen LogP contribution in [0.2, 0.25) is 0 Å². The molecule has 0 N–H and O–H groups in total. The van der Waals surface area contributed by atoms with Crippen molar-refractivity contribution >= 4 is 23.3 Å². The van der Waals surface area contributed by atoms with Gasteiger partial charge in [-0.3, -0.25) is 4.79 Å². The summed E-state index contributed by atoms with van der Waals surface area (Å²) in [4.78, 5) is 25.8. The Bertz CT molecular complexity index is 507. The number of rotatable bonds is 2. The van der Waals surface area contributed by atoms with Crippen LogP contribution in [0, 0.1) is 0 Å². The fourth-order valence-electron chi connectivity index (χ4n) is 2.23. The Morgan fingerprint density at radius 3 is 2.52 bits per heavy atom. The predicted octanol–water partition coefficient (Wildman–Crippen LogP) is 3.24. The molecule has 0 saturated carbocycles. The number of hydrazine groups is 1. The first-order valence-electron chi connectivity index (χ1n) is 7.15. The highest BCUT2D eigenvalue weighted by Crippen LogP contribution is 2.26. The summed E-state index contributed by atoms with van der Waals surface area (Å²) in [5.41, 5.74) is -0.562. The van der Waals surface area contributed by atoms with Gasteiger partial charge in [0.25, 0.3) is 0 Å². The smallest absolute Gasteiger partial charge is 0.429 e. The third kappa shape index (κ3) is 3.75. The molecule has 1 aliphatic rings. The number of nitrogens with zero attached hydrogens (tertiary/aromatic N) is 2. The highest BCUT2D eigenvalue weighted by molar-refractivity contribution is 7.10. The second kappa shape index (κ2) is 6.05. The van der Waals surface area contributed by atoms with Gasteiger partial charge in [0.2, 0.25) is 5.91 Å². The summed E-state index contributed by atoms with van der Waals surface area (Å²) < 4.78 is 5.37. The lowest BCUT2D eigenvalue weighted by atomic mass is 10.1. The van der Waals surface area contributed by atoms with Crippen LogP contribution >= 0.6 is 11.3 Å². The fourth-order valence-corrected chi connectivity index (χ4v) is 3.00. The van der Waals surface area contributed by atoms with Crippen molar-refractivity contribution in [2.75, 3.05) is 13.1 Å². The quantitative estimate of drug-likeness (QED) is 0.842. The summed E-state index contributed by atoms with van der Waals surface area (Å²) in [6, 6.07) is 3.88. The lowest BCUT2D eigenvalue weighted by molar-refractivity contribution is -0.144. The standard InChI is InChI=1S/C15H22N2O3S/c1-11(12-7-5-10-21-12)13(18)16-8-6-9-17(16)14(19)20-15(2,3)4/h5,7,10-11H,6,8-9H2,1-4H3. The van der Waals surface area contributed by atoms with Crippen molar-refractivity contribution in [3.05, 3.63) is 22.4 Å². The molecule has 0 spiro atoms. The van der Waals surface area contributed by atoms with Crippen LogP contribution in [0.3, 0.4) is 0 Å². The Hall–Kier alpha value is -1.56. The lowest BCUT2D eigenvalue weighted by Gasteiger charge is -2.31. The van der Waals surface area contributed by atoms with E-state index in [0.29, 0.717) is 13.1 Å². The molecule has 0 bridgehead atoms. The number of ether oxygens (including phenoxy) is 1. The van der Waals surface area contributed by atoms with Gasteiger partial charge in [-0.25, -0.2) is 14.8 Å². The number of carbonyl (C=O) groups excluding carboxylic acids is 2. The molecule has 0 aromatic carbocycles. The van der Waals surface area contributed by atoms with Gasteiger partial charge in [0.05, 0.1) is 5.92 Å². The van der Waals surface area contributed by atoms with Crippen molar-refractivity contribution < 1.29 is 14.3 Å². The molecule has 1 aromatic heterocycles. The number of hydrogen-bond donors (Lipinski definition) is 0. The van der Waals surface area contributed by atoms with Gasteiger partial charge in [-0.05, 0) is 45.6 Å². The van der Waals surface area contributed by atoms with Gasteiger partial charge in [-0.15, -0.1) is 11.3 Å². The first kappa shape index (κ1) is 15.8. The van der Waals surface area contributed by atoms with Crippen LogP contribution in [-0.4, -0.2) is 40.7 Å². The summed E-state index contributed by atoms with van der Waals surface area (Å²) in [6.45, 7) is 8.43. The largest absolute Gasteiger partial charge is 0.442 e. The summed E-state index contributed by atoms with van der Waals surface area (Å²) in [7, 11) is 0. The molecule has 1 fully saturated rings. The van der Waals surface area contributed by atoms with Crippen molar-refractivity contribution in [3.8, 4) is 0 Å². The molecule has 2 heterocycles. The van der Waals surface area contributed by atoms with Crippen LogP contribution in [-0.2, 0) is 9.53 Å². The highest BCUT2D eigenvalue weighted by atomic mass is 32.1. The average Bonchev–Trinajstić information content (AvgIpc) is 3.05. The van der Waals surface area contributed by atoms with Gasteiger partial charge < -0.3 is 4.74 Å². The molecule has 1 saturated heterocycles. The van der Waals surface area contributed by atoms with E-state index in [2.05, 4.69) is 0 Å². The Labute approximate surface area is 129 Å². The van der Waals surface area contributed by atoms with Crippen molar-refractivity contribution in [3.63, 3.8) is 0 Å². The molecule has 0 aliphatic carbocycles. The number of carbonyl (C=O) groups is 2. The minimum atomic E-state index is -0.562. The molecular weight excluding hydrogens is 288 g/mol. The molecular formula is C15H22N2O3S. The van der Waals surface area contributed by atoms with Crippen LogP contribution in [0.15, 0.2) is 17.5 Å². The second-order valence-corrected chi connectivity index (χ2v) is 7.13. The molecule has 6 heteroatoms.